The minimum atomic E-state index is -3.70. The number of fused-ring (bicyclic) bond motifs is 1. The number of sulfonamides is 1. The van der Waals surface area contributed by atoms with Gasteiger partial charge in [0.15, 0.2) is 6.10 Å². The van der Waals surface area contributed by atoms with Gasteiger partial charge >= 0.3 is 5.97 Å². The van der Waals surface area contributed by atoms with Crippen LogP contribution in [0.4, 0.5) is 5.69 Å². The van der Waals surface area contributed by atoms with Crippen LogP contribution < -0.4 is 10.0 Å². The summed E-state index contributed by atoms with van der Waals surface area (Å²) in [5.74, 6) is -1.14. The molecule has 8 nitrogen and oxygen atoms in total. The molecule has 2 aromatic rings. The van der Waals surface area contributed by atoms with E-state index in [1.54, 1.807) is 30.3 Å². The summed E-state index contributed by atoms with van der Waals surface area (Å²) >= 11 is 0. The van der Waals surface area contributed by atoms with Gasteiger partial charge in [0.2, 0.25) is 0 Å². The molecular formula is C21H23N3O5S. The van der Waals surface area contributed by atoms with Crippen molar-refractivity contribution >= 4 is 33.4 Å². The van der Waals surface area contributed by atoms with Gasteiger partial charge in [-0.3, -0.25) is 14.5 Å². The maximum atomic E-state index is 12.4. The number of nitrogens with one attached hydrogen (secondary N) is 2. The third-order valence-corrected chi connectivity index (χ3v) is 6.02. The molecule has 1 amide bonds. The number of aliphatic imine (C=N–C) groups is 1. The van der Waals surface area contributed by atoms with Crippen molar-refractivity contribution in [2.24, 2.45) is 4.99 Å². The molecule has 2 N–H and O–H groups in total. The average molecular weight is 429 g/mol. The Bertz CT molecular complexity index is 1090. The van der Waals surface area contributed by atoms with Crippen molar-refractivity contribution in [1.29, 1.82) is 0 Å². The summed E-state index contributed by atoms with van der Waals surface area (Å²) in [6, 6.07) is 12.7. The molecule has 2 atom stereocenters. The SMILES string of the molecule is CCc1ccc(NC(=O)C(C)OC(=O)[C@H](C)N=C2NS(=O)(=O)c3ccccc32)cc1. The molecule has 0 aliphatic carbocycles. The Morgan fingerprint density at radius 3 is 2.43 bits per heavy atom. The molecule has 0 fully saturated rings. The maximum Gasteiger partial charge on any atom is 0.331 e. The second-order valence-corrected chi connectivity index (χ2v) is 8.53. The number of ether oxygens (including phenoxy) is 1. The fourth-order valence-corrected chi connectivity index (χ4v) is 4.11. The second kappa shape index (κ2) is 8.66. The van der Waals surface area contributed by atoms with Gasteiger partial charge in [-0.15, -0.1) is 0 Å². The van der Waals surface area contributed by atoms with Gasteiger partial charge in [0.1, 0.15) is 11.9 Å². The highest BCUT2D eigenvalue weighted by Crippen LogP contribution is 2.22. The lowest BCUT2D eigenvalue weighted by Gasteiger charge is -2.15. The molecule has 0 saturated heterocycles. The van der Waals surface area contributed by atoms with Gasteiger partial charge in [0, 0.05) is 11.3 Å². The Morgan fingerprint density at radius 1 is 1.10 bits per heavy atom. The van der Waals surface area contributed by atoms with Crippen LogP contribution in [0.3, 0.4) is 0 Å². The summed E-state index contributed by atoms with van der Waals surface area (Å²) in [6.45, 7) is 4.97. The van der Waals surface area contributed by atoms with Crippen LogP contribution >= 0.6 is 0 Å². The first-order chi connectivity index (χ1) is 14.2. The van der Waals surface area contributed by atoms with E-state index in [1.807, 2.05) is 19.1 Å². The van der Waals surface area contributed by atoms with Gasteiger partial charge in [0.25, 0.3) is 15.9 Å². The number of carbonyl (C=O) groups excluding carboxylic acids is 2. The molecule has 1 heterocycles. The number of hydrogen-bond donors (Lipinski definition) is 2. The maximum absolute atomic E-state index is 12.4. The summed E-state index contributed by atoms with van der Waals surface area (Å²) in [6.07, 6.45) is -0.151. The molecule has 0 aromatic heterocycles. The summed E-state index contributed by atoms with van der Waals surface area (Å²) in [7, 11) is -3.70. The van der Waals surface area contributed by atoms with Gasteiger partial charge in [-0.1, -0.05) is 31.2 Å². The minimum absolute atomic E-state index is 0.0724. The Kier molecular flexibility index (Phi) is 6.21. The third-order valence-electron chi connectivity index (χ3n) is 4.62. The molecule has 0 spiro atoms. The van der Waals surface area contributed by atoms with Crippen LogP contribution in [0.1, 0.15) is 31.9 Å². The van der Waals surface area contributed by atoms with E-state index >= 15 is 0 Å². The van der Waals surface area contributed by atoms with E-state index in [0.717, 1.165) is 12.0 Å². The quantitative estimate of drug-likeness (QED) is 0.684. The number of nitrogens with zero attached hydrogens (tertiary/aromatic N) is 1. The number of amidine groups is 1. The predicted molar refractivity (Wildman–Crippen MR) is 113 cm³/mol. The summed E-state index contributed by atoms with van der Waals surface area (Å²) in [5.41, 5.74) is 2.13. The van der Waals surface area contributed by atoms with Crippen LogP contribution in [0.15, 0.2) is 58.4 Å². The molecule has 30 heavy (non-hydrogen) atoms. The lowest BCUT2D eigenvalue weighted by Crippen LogP contribution is -2.33. The van der Waals surface area contributed by atoms with E-state index in [1.165, 1.54) is 19.9 Å². The topological polar surface area (TPSA) is 114 Å². The summed E-state index contributed by atoms with van der Waals surface area (Å²) in [4.78, 5) is 28.9. The standard InChI is InChI=1S/C21H23N3O5S/c1-4-15-9-11-16(12-10-15)23-20(25)14(3)29-21(26)13(2)22-19-17-7-5-6-8-18(17)30(27,28)24-19/h5-14H,4H2,1-3H3,(H,22,24)(H,23,25)/t13-,14?/m0/s1. The van der Waals surface area contributed by atoms with E-state index in [-0.39, 0.29) is 10.7 Å². The zero-order chi connectivity index (χ0) is 21.9. The first-order valence-corrected chi connectivity index (χ1v) is 11.0. The molecule has 0 saturated carbocycles. The van der Waals surface area contributed by atoms with E-state index in [0.29, 0.717) is 11.3 Å². The molecule has 3 rings (SSSR count). The van der Waals surface area contributed by atoms with Gasteiger partial charge < -0.3 is 10.1 Å². The largest absolute Gasteiger partial charge is 0.451 e. The number of anilines is 1. The van der Waals surface area contributed by atoms with Crippen molar-refractivity contribution in [3.05, 3.63) is 59.7 Å². The third kappa shape index (κ3) is 4.68. The molecule has 2 aromatic carbocycles. The lowest BCUT2D eigenvalue weighted by molar-refractivity contribution is -0.153. The monoisotopic (exact) mass is 429 g/mol. The highest BCUT2D eigenvalue weighted by Gasteiger charge is 2.31. The van der Waals surface area contributed by atoms with Crippen molar-refractivity contribution in [1.82, 2.24) is 4.72 Å². The van der Waals surface area contributed by atoms with Crippen molar-refractivity contribution < 1.29 is 22.7 Å². The van der Waals surface area contributed by atoms with Crippen LogP contribution in [0.25, 0.3) is 0 Å². The number of rotatable bonds is 6. The smallest absolute Gasteiger partial charge is 0.331 e. The van der Waals surface area contributed by atoms with E-state index < -0.39 is 34.0 Å². The summed E-state index contributed by atoms with van der Waals surface area (Å²) < 4.78 is 31.8. The number of esters is 1. The Labute approximate surface area is 175 Å². The van der Waals surface area contributed by atoms with E-state index in [4.69, 9.17) is 4.74 Å². The number of benzene rings is 2. The van der Waals surface area contributed by atoms with Gasteiger partial charge in [-0.05, 0) is 50.1 Å². The number of amides is 1. The van der Waals surface area contributed by atoms with Crippen molar-refractivity contribution in [2.75, 3.05) is 5.32 Å². The number of hydrogen-bond acceptors (Lipinski definition) is 6. The molecular weight excluding hydrogens is 406 g/mol. The molecule has 0 bridgehead atoms. The fraction of sp³-hybridized carbons (Fsp3) is 0.286. The summed E-state index contributed by atoms with van der Waals surface area (Å²) in [5, 5.41) is 2.69. The van der Waals surface area contributed by atoms with Gasteiger partial charge in [-0.25, -0.2) is 13.2 Å². The fourth-order valence-electron chi connectivity index (χ4n) is 2.87. The van der Waals surface area contributed by atoms with Crippen LogP contribution in [-0.4, -0.2) is 38.3 Å². The molecule has 0 radical (unpaired) electrons. The Hall–Kier alpha value is -3.20. The molecule has 9 heteroatoms. The molecule has 1 aliphatic heterocycles. The van der Waals surface area contributed by atoms with Crippen LogP contribution in [0.2, 0.25) is 0 Å². The van der Waals surface area contributed by atoms with Crippen molar-refractivity contribution in [3.8, 4) is 0 Å². The molecule has 1 aliphatic rings. The Balaban J connectivity index is 1.64. The zero-order valence-electron chi connectivity index (χ0n) is 16.9. The first kappa shape index (κ1) is 21.5. The number of aryl methyl sites for hydroxylation is 1. The van der Waals surface area contributed by atoms with Crippen LogP contribution in [0, 0.1) is 0 Å². The predicted octanol–water partition coefficient (Wildman–Crippen LogP) is 2.25. The van der Waals surface area contributed by atoms with Crippen LogP contribution in [-0.2, 0) is 30.8 Å². The lowest BCUT2D eigenvalue weighted by atomic mass is 10.1. The highest BCUT2D eigenvalue weighted by atomic mass is 32.2. The van der Waals surface area contributed by atoms with Gasteiger partial charge in [0.05, 0.1) is 4.90 Å². The van der Waals surface area contributed by atoms with Crippen LogP contribution in [0.5, 0.6) is 0 Å². The van der Waals surface area contributed by atoms with Crippen molar-refractivity contribution in [3.63, 3.8) is 0 Å². The molecule has 1 unspecified atom stereocenters. The first-order valence-electron chi connectivity index (χ1n) is 9.51. The minimum Gasteiger partial charge on any atom is -0.451 e. The van der Waals surface area contributed by atoms with E-state index in [2.05, 4.69) is 15.0 Å². The second-order valence-electron chi connectivity index (χ2n) is 6.87. The zero-order valence-corrected chi connectivity index (χ0v) is 17.7. The normalized spacial score (nSPS) is 17.5. The number of carbonyl (C=O) groups is 2. The van der Waals surface area contributed by atoms with Gasteiger partial charge in [-0.2, -0.15) is 0 Å². The van der Waals surface area contributed by atoms with Crippen molar-refractivity contribution in [2.45, 2.75) is 44.2 Å². The Morgan fingerprint density at radius 2 is 1.77 bits per heavy atom. The highest BCUT2D eigenvalue weighted by molar-refractivity contribution is 7.90. The molecule has 158 valence electrons. The average Bonchev–Trinajstić information content (AvgIpc) is 2.98. The van der Waals surface area contributed by atoms with E-state index in [9.17, 15) is 18.0 Å².